The largest absolute Gasteiger partial charge is 0.351 e. The van der Waals surface area contributed by atoms with Crippen molar-refractivity contribution >= 4 is 32.6 Å². The normalized spacial score (nSPS) is 12.4. The van der Waals surface area contributed by atoms with Gasteiger partial charge in [0.1, 0.15) is 0 Å². The summed E-state index contributed by atoms with van der Waals surface area (Å²) in [6.07, 6.45) is 0. The minimum Gasteiger partial charge on any atom is -0.351 e. The summed E-state index contributed by atoms with van der Waals surface area (Å²) in [6, 6.07) is 13.7. The number of hydrogen-bond donors (Lipinski definition) is 1. The van der Waals surface area contributed by atoms with E-state index in [1.165, 1.54) is 0 Å². The number of hydrogen-bond acceptors (Lipinski definition) is 1. The van der Waals surface area contributed by atoms with Crippen LogP contribution in [0.4, 0.5) is 0 Å². The molecule has 2 aromatic rings. The van der Waals surface area contributed by atoms with Crippen LogP contribution >= 0.6 is 15.9 Å². The van der Waals surface area contributed by atoms with Gasteiger partial charge in [-0.05, 0) is 16.8 Å². The van der Waals surface area contributed by atoms with Gasteiger partial charge in [-0.25, -0.2) is 0 Å². The summed E-state index contributed by atoms with van der Waals surface area (Å²) in [4.78, 5) is 12.3. The van der Waals surface area contributed by atoms with Crippen LogP contribution in [-0.2, 0) is 0 Å². The van der Waals surface area contributed by atoms with E-state index in [9.17, 15) is 4.79 Å². The van der Waals surface area contributed by atoms with Crippen molar-refractivity contribution < 1.29 is 4.79 Å². The number of halogens is 1. The highest BCUT2D eigenvalue weighted by Crippen LogP contribution is 2.18. The first-order chi connectivity index (χ1) is 8.18. The number of nitrogens with one attached hydrogen (secondary N) is 1. The molecule has 0 saturated carbocycles. The Kier molecular flexibility index (Phi) is 3.79. The van der Waals surface area contributed by atoms with Crippen LogP contribution in [0.15, 0.2) is 42.5 Å². The van der Waals surface area contributed by atoms with Crippen LogP contribution in [0, 0.1) is 0 Å². The number of amides is 1. The Hall–Kier alpha value is -1.35. The van der Waals surface area contributed by atoms with Crippen molar-refractivity contribution in [3.8, 4) is 0 Å². The van der Waals surface area contributed by atoms with Crippen LogP contribution in [0.25, 0.3) is 10.8 Å². The zero-order valence-corrected chi connectivity index (χ0v) is 11.2. The van der Waals surface area contributed by atoms with Gasteiger partial charge in [0.2, 0.25) is 0 Å². The van der Waals surface area contributed by atoms with Gasteiger partial charge in [-0.3, -0.25) is 4.79 Å². The zero-order valence-electron chi connectivity index (χ0n) is 9.61. The summed E-state index contributed by atoms with van der Waals surface area (Å²) in [5.41, 5.74) is 0.733. The first kappa shape index (κ1) is 12.1. The van der Waals surface area contributed by atoms with E-state index >= 15 is 0 Å². The van der Waals surface area contributed by atoms with E-state index in [-0.39, 0.29) is 10.7 Å². The zero-order chi connectivity index (χ0) is 12.3. The van der Waals surface area contributed by atoms with E-state index in [1.54, 1.807) is 0 Å². The first-order valence-electron chi connectivity index (χ1n) is 5.58. The maximum absolute atomic E-state index is 12.0. The molecule has 0 aliphatic carbocycles. The van der Waals surface area contributed by atoms with Crippen molar-refractivity contribution in [1.82, 2.24) is 5.32 Å². The molecule has 2 rings (SSSR count). The molecule has 0 aliphatic heterocycles. The Labute approximate surface area is 109 Å². The minimum atomic E-state index is -0.0203. The average molecular weight is 292 g/mol. The van der Waals surface area contributed by atoms with Gasteiger partial charge in [-0.1, -0.05) is 59.3 Å². The van der Waals surface area contributed by atoms with Crippen molar-refractivity contribution in [2.75, 3.05) is 6.54 Å². The summed E-state index contributed by atoms with van der Waals surface area (Å²) >= 11 is 3.41. The summed E-state index contributed by atoms with van der Waals surface area (Å²) in [7, 11) is 0. The minimum absolute atomic E-state index is 0.0203. The summed E-state index contributed by atoms with van der Waals surface area (Å²) in [6.45, 7) is 2.63. The highest BCUT2D eigenvalue weighted by Gasteiger charge is 2.09. The van der Waals surface area contributed by atoms with Crippen molar-refractivity contribution in [3.63, 3.8) is 0 Å². The van der Waals surface area contributed by atoms with Crippen LogP contribution < -0.4 is 5.32 Å². The molecular formula is C14H14BrNO. The van der Waals surface area contributed by atoms with Crippen LogP contribution in [0.1, 0.15) is 17.3 Å². The monoisotopic (exact) mass is 291 g/mol. The lowest BCUT2D eigenvalue weighted by Gasteiger charge is -2.09. The van der Waals surface area contributed by atoms with Gasteiger partial charge in [-0.15, -0.1) is 0 Å². The molecule has 0 aromatic heterocycles. The fourth-order valence-corrected chi connectivity index (χ4v) is 1.91. The molecule has 0 fully saturated rings. The Morgan fingerprint density at radius 2 is 1.94 bits per heavy atom. The van der Waals surface area contributed by atoms with Crippen molar-refractivity contribution in [3.05, 3.63) is 48.0 Å². The molecule has 0 heterocycles. The standard InChI is InChI=1S/C14H14BrNO/c1-10(15)9-16-14(17)13-8-4-6-11-5-2-3-7-12(11)13/h2-8,10H,9H2,1H3,(H,16,17). The molecule has 1 N–H and O–H groups in total. The fourth-order valence-electron chi connectivity index (χ4n) is 1.75. The predicted octanol–water partition coefficient (Wildman–Crippen LogP) is 3.35. The molecule has 1 unspecified atom stereocenters. The Morgan fingerprint density at radius 3 is 2.71 bits per heavy atom. The molecular weight excluding hydrogens is 278 g/mol. The molecule has 2 aromatic carbocycles. The molecule has 17 heavy (non-hydrogen) atoms. The van der Waals surface area contributed by atoms with Gasteiger partial charge in [0.05, 0.1) is 0 Å². The van der Waals surface area contributed by atoms with Crippen LogP contribution in [0.2, 0.25) is 0 Å². The van der Waals surface area contributed by atoms with E-state index in [0.717, 1.165) is 16.3 Å². The number of fused-ring (bicyclic) bond motifs is 1. The van der Waals surface area contributed by atoms with Crippen LogP contribution in [0.3, 0.4) is 0 Å². The lowest BCUT2D eigenvalue weighted by Crippen LogP contribution is -2.28. The van der Waals surface area contributed by atoms with Gasteiger partial charge < -0.3 is 5.32 Å². The second kappa shape index (κ2) is 5.32. The summed E-state index contributed by atoms with van der Waals surface area (Å²) < 4.78 is 0. The Morgan fingerprint density at radius 1 is 1.24 bits per heavy atom. The van der Waals surface area contributed by atoms with Crippen molar-refractivity contribution in [2.45, 2.75) is 11.8 Å². The van der Waals surface area contributed by atoms with E-state index < -0.39 is 0 Å². The van der Waals surface area contributed by atoms with E-state index in [2.05, 4.69) is 21.2 Å². The van der Waals surface area contributed by atoms with Crippen LogP contribution in [-0.4, -0.2) is 17.3 Å². The number of carbonyl (C=O) groups is 1. The summed E-state index contributed by atoms with van der Waals surface area (Å²) in [5, 5.41) is 4.99. The Bertz CT molecular complexity index is 531. The summed E-state index contributed by atoms with van der Waals surface area (Å²) in [5.74, 6) is -0.0203. The lowest BCUT2D eigenvalue weighted by molar-refractivity contribution is 0.0956. The molecule has 0 bridgehead atoms. The fraction of sp³-hybridized carbons (Fsp3) is 0.214. The lowest BCUT2D eigenvalue weighted by atomic mass is 10.0. The van der Waals surface area contributed by atoms with E-state index in [0.29, 0.717) is 6.54 Å². The van der Waals surface area contributed by atoms with Gasteiger partial charge in [0.25, 0.3) is 5.91 Å². The molecule has 0 aliphatic rings. The quantitative estimate of drug-likeness (QED) is 0.864. The predicted molar refractivity (Wildman–Crippen MR) is 74.7 cm³/mol. The molecule has 0 spiro atoms. The first-order valence-corrected chi connectivity index (χ1v) is 6.50. The van der Waals surface area contributed by atoms with Gasteiger partial charge in [-0.2, -0.15) is 0 Å². The SMILES string of the molecule is CC(Br)CNC(=O)c1cccc2ccccc12. The van der Waals surface area contributed by atoms with Gasteiger partial charge in [0.15, 0.2) is 0 Å². The Balaban J connectivity index is 2.32. The molecule has 0 saturated heterocycles. The van der Waals surface area contributed by atoms with E-state index in [4.69, 9.17) is 0 Å². The molecule has 88 valence electrons. The smallest absolute Gasteiger partial charge is 0.251 e. The van der Waals surface area contributed by atoms with Crippen molar-refractivity contribution in [1.29, 1.82) is 0 Å². The third kappa shape index (κ3) is 2.86. The van der Waals surface area contributed by atoms with Crippen LogP contribution in [0.5, 0.6) is 0 Å². The molecule has 1 atom stereocenters. The highest BCUT2D eigenvalue weighted by molar-refractivity contribution is 9.09. The van der Waals surface area contributed by atoms with E-state index in [1.807, 2.05) is 49.4 Å². The molecule has 0 radical (unpaired) electrons. The molecule has 1 amide bonds. The molecule has 3 heteroatoms. The number of carbonyl (C=O) groups excluding carboxylic acids is 1. The number of benzene rings is 2. The second-order valence-corrected chi connectivity index (χ2v) is 5.58. The number of rotatable bonds is 3. The number of alkyl halides is 1. The third-order valence-corrected chi connectivity index (χ3v) is 2.90. The topological polar surface area (TPSA) is 29.1 Å². The molecule has 2 nitrogen and oxygen atoms in total. The highest BCUT2D eigenvalue weighted by atomic mass is 79.9. The average Bonchev–Trinajstić information content (AvgIpc) is 2.35. The third-order valence-electron chi connectivity index (χ3n) is 2.58. The van der Waals surface area contributed by atoms with Gasteiger partial charge >= 0.3 is 0 Å². The second-order valence-electron chi connectivity index (χ2n) is 4.02. The maximum atomic E-state index is 12.0. The van der Waals surface area contributed by atoms with Crippen molar-refractivity contribution in [2.24, 2.45) is 0 Å². The maximum Gasteiger partial charge on any atom is 0.251 e. The van der Waals surface area contributed by atoms with Gasteiger partial charge in [0, 0.05) is 16.9 Å².